The molecule has 0 N–H and O–H groups in total. The molecule has 1 aromatic heterocycles. The van der Waals surface area contributed by atoms with Gasteiger partial charge in [-0.1, -0.05) is 48.5 Å². The van der Waals surface area contributed by atoms with E-state index in [0.29, 0.717) is 0 Å². The van der Waals surface area contributed by atoms with E-state index in [1.165, 1.54) is 11.1 Å². The third-order valence-corrected chi connectivity index (χ3v) is 3.10. The Bertz CT molecular complexity index is 648. The summed E-state index contributed by atoms with van der Waals surface area (Å²) in [6, 6.07) is 20.8. The van der Waals surface area contributed by atoms with Gasteiger partial charge in [-0.2, -0.15) is 4.57 Å². The van der Waals surface area contributed by atoms with E-state index in [9.17, 15) is 0 Å². The molecule has 3 rings (SSSR count). The van der Waals surface area contributed by atoms with Crippen LogP contribution >= 0.6 is 0 Å². The molecule has 0 radical (unpaired) electrons. The quantitative estimate of drug-likeness (QED) is 0.650. The second-order valence-electron chi connectivity index (χ2n) is 4.44. The second-order valence-corrected chi connectivity index (χ2v) is 4.44. The monoisotopic (exact) mass is 247 g/mol. The predicted octanol–water partition coefficient (Wildman–Crippen LogP) is 3.08. The average molecular weight is 247 g/mol. The molecule has 0 amide bonds. The molecule has 0 aliphatic rings. The van der Waals surface area contributed by atoms with Crippen LogP contribution in [0, 0.1) is 0 Å². The van der Waals surface area contributed by atoms with E-state index in [1.54, 1.807) is 0 Å². The minimum Gasteiger partial charge on any atom is -0.252 e. The van der Waals surface area contributed by atoms with Crippen LogP contribution in [0.15, 0.2) is 79.3 Å². The molecule has 0 atom stereocenters. The van der Waals surface area contributed by atoms with Crippen molar-refractivity contribution in [3.63, 3.8) is 0 Å². The Morgan fingerprint density at radius 1 is 0.842 bits per heavy atom. The number of aromatic nitrogens is 2. The minimum atomic E-state index is 0.855. The van der Waals surface area contributed by atoms with Crippen LogP contribution in [0.5, 0.6) is 0 Å². The Kier molecular flexibility index (Phi) is 3.32. The van der Waals surface area contributed by atoms with Crippen LogP contribution in [0.25, 0.3) is 11.3 Å². The van der Waals surface area contributed by atoms with Crippen molar-refractivity contribution in [1.29, 1.82) is 0 Å². The van der Waals surface area contributed by atoms with E-state index >= 15 is 0 Å². The number of rotatable bonds is 3. The third-order valence-electron chi connectivity index (χ3n) is 3.10. The van der Waals surface area contributed by atoms with Gasteiger partial charge in [-0.15, -0.1) is 0 Å². The predicted molar refractivity (Wildman–Crippen MR) is 75.4 cm³/mol. The SMILES string of the molecule is c1ccc(C[n+]2ccncc2-c2ccccc2)cc1. The van der Waals surface area contributed by atoms with Crippen molar-refractivity contribution in [3.8, 4) is 11.3 Å². The molecule has 0 saturated carbocycles. The normalized spacial score (nSPS) is 10.3. The summed E-state index contributed by atoms with van der Waals surface area (Å²) in [5.41, 5.74) is 3.61. The van der Waals surface area contributed by atoms with Gasteiger partial charge in [0.25, 0.3) is 0 Å². The van der Waals surface area contributed by atoms with Crippen LogP contribution in [0.3, 0.4) is 0 Å². The van der Waals surface area contributed by atoms with Crippen LogP contribution in [0.2, 0.25) is 0 Å². The molecule has 2 nitrogen and oxygen atoms in total. The highest BCUT2D eigenvalue weighted by atomic mass is 15.0. The summed E-state index contributed by atoms with van der Waals surface area (Å²) in [4.78, 5) is 4.24. The Morgan fingerprint density at radius 2 is 1.53 bits per heavy atom. The number of nitrogens with zero attached hydrogens (tertiary/aromatic N) is 2. The lowest BCUT2D eigenvalue weighted by molar-refractivity contribution is -0.678. The molecule has 92 valence electrons. The minimum absolute atomic E-state index is 0.855. The van der Waals surface area contributed by atoms with Gasteiger partial charge in [-0.3, -0.25) is 4.98 Å². The molecule has 3 aromatic rings. The molecule has 2 aromatic carbocycles. The third kappa shape index (κ3) is 2.68. The zero-order valence-corrected chi connectivity index (χ0v) is 10.6. The molecule has 0 saturated heterocycles. The number of hydrogen-bond donors (Lipinski definition) is 0. The zero-order chi connectivity index (χ0) is 12.9. The number of hydrogen-bond acceptors (Lipinski definition) is 1. The van der Waals surface area contributed by atoms with E-state index in [-0.39, 0.29) is 0 Å². The highest BCUT2D eigenvalue weighted by Crippen LogP contribution is 2.13. The van der Waals surface area contributed by atoms with Crippen LogP contribution < -0.4 is 4.57 Å². The van der Waals surface area contributed by atoms with Gasteiger partial charge in [-0.05, 0) is 12.1 Å². The molecule has 2 heteroatoms. The summed E-state index contributed by atoms with van der Waals surface area (Å²) in [5, 5.41) is 0. The molecule has 0 aliphatic heterocycles. The van der Waals surface area contributed by atoms with Crippen molar-refractivity contribution in [3.05, 3.63) is 84.8 Å². The topological polar surface area (TPSA) is 16.8 Å². The van der Waals surface area contributed by atoms with Gasteiger partial charge < -0.3 is 0 Å². The van der Waals surface area contributed by atoms with Gasteiger partial charge >= 0.3 is 0 Å². The van der Waals surface area contributed by atoms with Gasteiger partial charge in [0.05, 0.1) is 12.4 Å². The van der Waals surface area contributed by atoms with Gasteiger partial charge in [0.15, 0.2) is 12.7 Å². The molecule has 0 unspecified atom stereocenters. The smallest absolute Gasteiger partial charge is 0.231 e. The van der Waals surface area contributed by atoms with E-state index in [0.717, 1.165) is 12.2 Å². The van der Waals surface area contributed by atoms with Crippen molar-refractivity contribution in [2.45, 2.75) is 6.54 Å². The summed E-state index contributed by atoms with van der Waals surface area (Å²) in [5.74, 6) is 0. The maximum atomic E-state index is 4.24. The second kappa shape index (κ2) is 5.44. The lowest BCUT2D eigenvalue weighted by Gasteiger charge is -2.03. The standard InChI is InChI=1S/C17H15N2/c1-3-7-15(8-4-1)14-19-12-11-18-13-17(19)16-9-5-2-6-10-16/h1-13H,14H2/q+1. The molecular formula is C17H15N2+. The van der Waals surface area contributed by atoms with E-state index in [2.05, 4.69) is 58.1 Å². The first-order chi connectivity index (χ1) is 9.43. The summed E-state index contributed by atoms with van der Waals surface area (Å²) >= 11 is 0. The highest BCUT2D eigenvalue weighted by molar-refractivity contribution is 5.54. The zero-order valence-electron chi connectivity index (χ0n) is 10.6. The summed E-state index contributed by atoms with van der Waals surface area (Å²) in [6.07, 6.45) is 5.77. The Hall–Kier alpha value is -2.48. The fourth-order valence-electron chi connectivity index (χ4n) is 2.15. The maximum absolute atomic E-state index is 4.24. The van der Waals surface area contributed by atoms with Crippen molar-refractivity contribution in [2.75, 3.05) is 0 Å². The maximum Gasteiger partial charge on any atom is 0.231 e. The van der Waals surface area contributed by atoms with Crippen LogP contribution in [0.4, 0.5) is 0 Å². The molecule has 0 bridgehead atoms. The van der Waals surface area contributed by atoms with E-state index < -0.39 is 0 Å². The van der Waals surface area contributed by atoms with Crippen LogP contribution in [-0.2, 0) is 6.54 Å². The fourth-order valence-corrected chi connectivity index (χ4v) is 2.15. The largest absolute Gasteiger partial charge is 0.252 e. The Balaban J connectivity index is 1.99. The van der Waals surface area contributed by atoms with Crippen molar-refractivity contribution >= 4 is 0 Å². The summed E-state index contributed by atoms with van der Waals surface area (Å²) in [7, 11) is 0. The highest BCUT2D eigenvalue weighted by Gasteiger charge is 2.12. The van der Waals surface area contributed by atoms with Gasteiger partial charge in [0.1, 0.15) is 0 Å². The van der Waals surface area contributed by atoms with Crippen molar-refractivity contribution in [2.24, 2.45) is 0 Å². The average Bonchev–Trinajstić information content (AvgIpc) is 2.50. The lowest BCUT2D eigenvalue weighted by Crippen LogP contribution is -2.36. The van der Waals surface area contributed by atoms with Crippen molar-refractivity contribution in [1.82, 2.24) is 4.98 Å². The first-order valence-electron chi connectivity index (χ1n) is 6.36. The Labute approximate surface area is 113 Å². The van der Waals surface area contributed by atoms with E-state index in [1.807, 2.05) is 30.7 Å². The van der Waals surface area contributed by atoms with Crippen LogP contribution in [0.1, 0.15) is 5.56 Å². The molecule has 0 spiro atoms. The molecule has 0 fully saturated rings. The molecule has 1 heterocycles. The van der Waals surface area contributed by atoms with Crippen molar-refractivity contribution < 1.29 is 4.57 Å². The molecular weight excluding hydrogens is 232 g/mol. The molecule has 19 heavy (non-hydrogen) atoms. The van der Waals surface area contributed by atoms with Gasteiger partial charge in [0, 0.05) is 11.1 Å². The first kappa shape index (κ1) is 11.6. The summed E-state index contributed by atoms with van der Waals surface area (Å²) < 4.78 is 2.22. The van der Waals surface area contributed by atoms with Gasteiger partial charge in [0.2, 0.25) is 5.69 Å². The Morgan fingerprint density at radius 3 is 2.26 bits per heavy atom. The fraction of sp³-hybridized carbons (Fsp3) is 0.0588. The lowest BCUT2D eigenvalue weighted by atomic mass is 10.1. The van der Waals surface area contributed by atoms with E-state index in [4.69, 9.17) is 0 Å². The first-order valence-corrected chi connectivity index (χ1v) is 6.36. The van der Waals surface area contributed by atoms with Crippen LogP contribution in [-0.4, -0.2) is 4.98 Å². The summed E-state index contributed by atoms with van der Waals surface area (Å²) in [6.45, 7) is 0.855. The number of benzene rings is 2. The van der Waals surface area contributed by atoms with Gasteiger partial charge in [-0.25, -0.2) is 0 Å². The molecule has 0 aliphatic carbocycles.